The number of carbonyl (C=O) groups excluding carboxylic acids is 1. The number of halogens is 3. The highest BCUT2D eigenvalue weighted by Gasteiger charge is 2.33. The van der Waals surface area contributed by atoms with Crippen LogP contribution in [0.15, 0.2) is 60.0 Å². The second-order valence-electron chi connectivity index (χ2n) is 6.83. The van der Waals surface area contributed by atoms with Gasteiger partial charge in [0.2, 0.25) is 0 Å². The van der Waals surface area contributed by atoms with Crippen LogP contribution < -0.4 is 10.1 Å². The average molecular weight is 419 g/mol. The van der Waals surface area contributed by atoms with Crippen LogP contribution in [0.25, 0.3) is 0 Å². The lowest BCUT2D eigenvalue weighted by Crippen LogP contribution is -2.15. The highest BCUT2D eigenvalue weighted by atomic mass is 32.1. The molecule has 29 heavy (non-hydrogen) atoms. The smallest absolute Gasteiger partial charge is 0.418 e. The first-order valence-electron chi connectivity index (χ1n) is 9.02. The maximum Gasteiger partial charge on any atom is 0.418 e. The summed E-state index contributed by atoms with van der Waals surface area (Å²) < 4.78 is 44.9. The van der Waals surface area contributed by atoms with Crippen molar-refractivity contribution in [3.05, 3.63) is 81.5 Å². The molecule has 0 unspecified atom stereocenters. The largest absolute Gasteiger partial charge is 0.489 e. The lowest BCUT2D eigenvalue weighted by Gasteiger charge is -2.12. The zero-order valence-electron chi connectivity index (χ0n) is 15.9. The number of amides is 1. The maximum absolute atomic E-state index is 13.1. The Labute approximate surface area is 171 Å². The fraction of sp³-hybridized carbons (Fsp3) is 0.227. The van der Waals surface area contributed by atoms with Gasteiger partial charge in [-0.25, -0.2) is 0 Å². The topological polar surface area (TPSA) is 38.3 Å². The summed E-state index contributed by atoms with van der Waals surface area (Å²) in [7, 11) is 0. The van der Waals surface area contributed by atoms with E-state index in [1.165, 1.54) is 23.8 Å². The van der Waals surface area contributed by atoms with Gasteiger partial charge in [0.05, 0.1) is 16.1 Å². The van der Waals surface area contributed by atoms with Crippen molar-refractivity contribution >= 4 is 22.9 Å². The minimum Gasteiger partial charge on any atom is -0.489 e. The Hall–Kier alpha value is -2.80. The van der Waals surface area contributed by atoms with E-state index in [-0.39, 0.29) is 12.3 Å². The molecule has 0 radical (unpaired) electrons. The summed E-state index contributed by atoms with van der Waals surface area (Å²) in [6, 6.07) is 14.3. The number of carbonyl (C=O) groups is 1. The van der Waals surface area contributed by atoms with Crippen LogP contribution in [-0.2, 0) is 12.8 Å². The Morgan fingerprint density at radius 2 is 1.79 bits per heavy atom. The third kappa shape index (κ3) is 5.38. The van der Waals surface area contributed by atoms with Crippen molar-refractivity contribution in [2.75, 3.05) is 5.32 Å². The third-order valence-corrected chi connectivity index (χ3v) is 5.29. The van der Waals surface area contributed by atoms with Gasteiger partial charge in [-0.2, -0.15) is 13.2 Å². The molecule has 7 heteroatoms. The molecule has 0 saturated heterocycles. The number of anilines is 1. The van der Waals surface area contributed by atoms with E-state index in [1.54, 1.807) is 11.4 Å². The molecule has 0 aliphatic rings. The quantitative estimate of drug-likeness (QED) is 0.482. The summed E-state index contributed by atoms with van der Waals surface area (Å²) >= 11 is 1.16. The van der Waals surface area contributed by atoms with Crippen molar-refractivity contribution in [2.45, 2.75) is 32.5 Å². The molecule has 1 aromatic heterocycles. The van der Waals surface area contributed by atoms with E-state index < -0.39 is 17.6 Å². The number of alkyl halides is 3. The molecule has 0 aliphatic heterocycles. The van der Waals surface area contributed by atoms with Crippen molar-refractivity contribution in [1.82, 2.24) is 0 Å². The lowest BCUT2D eigenvalue weighted by atomic mass is 10.0. The second-order valence-corrected chi connectivity index (χ2v) is 7.74. The fourth-order valence-electron chi connectivity index (χ4n) is 2.71. The lowest BCUT2D eigenvalue weighted by molar-refractivity contribution is -0.136. The van der Waals surface area contributed by atoms with Crippen LogP contribution in [0.3, 0.4) is 0 Å². The van der Waals surface area contributed by atoms with Crippen molar-refractivity contribution in [3.8, 4) is 5.75 Å². The predicted molar refractivity (Wildman–Crippen MR) is 109 cm³/mol. The number of rotatable bonds is 6. The van der Waals surface area contributed by atoms with Crippen molar-refractivity contribution in [2.24, 2.45) is 0 Å². The molecule has 3 aromatic rings. The van der Waals surface area contributed by atoms with Gasteiger partial charge in [0.25, 0.3) is 5.91 Å². The molecule has 2 aromatic carbocycles. The van der Waals surface area contributed by atoms with Gasteiger partial charge in [0, 0.05) is 5.56 Å². The summed E-state index contributed by atoms with van der Waals surface area (Å²) in [4.78, 5) is 12.7. The van der Waals surface area contributed by atoms with Crippen molar-refractivity contribution < 1.29 is 22.7 Å². The van der Waals surface area contributed by atoms with Crippen LogP contribution in [0.5, 0.6) is 5.75 Å². The second kappa shape index (κ2) is 8.69. The number of thiophene rings is 1. The van der Waals surface area contributed by atoms with E-state index in [0.717, 1.165) is 23.0 Å². The Bertz CT molecular complexity index is 978. The summed E-state index contributed by atoms with van der Waals surface area (Å²) in [5.41, 5.74) is 0.850. The van der Waals surface area contributed by atoms with E-state index in [9.17, 15) is 18.0 Å². The standard InChI is InChI=1S/C22H20F3NO2S/c1-14(2)16-7-9-17(10-8-16)28-12-15-11-20(29-13-15)21(27)26-19-6-4-3-5-18(19)22(23,24)25/h3-11,13-14H,12H2,1-2H3,(H,26,27). The van der Waals surface area contributed by atoms with Gasteiger partial charge in [-0.3, -0.25) is 4.79 Å². The normalized spacial score (nSPS) is 11.5. The van der Waals surface area contributed by atoms with E-state index in [4.69, 9.17) is 4.74 Å². The summed E-state index contributed by atoms with van der Waals surface area (Å²) in [5, 5.41) is 4.10. The molecular formula is C22H20F3NO2S. The van der Waals surface area contributed by atoms with Crippen LogP contribution in [-0.4, -0.2) is 5.91 Å². The van der Waals surface area contributed by atoms with E-state index in [2.05, 4.69) is 19.2 Å². The van der Waals surface area contributed by atoms with Gasteiger partial charge >= 0.3 is 6.18 Å². The van der Waals surface area contributed by atoms with E-state index in [1.807, 2.05) is 24.3 Å². The molecule has 0 fully saturated rings. The van der Waals surface area contributed by atoms with Crippen LogP contribution >= 0.6 is 11.3 Å². The van der Waals surface area contributed by atoms with Crippen LogP contribution in [0.2, 0.25) is 0 Å². The highest BCUT2D eigenvalue weighted by Crippen LogP contribution is 2.35. The van der Waals surface area contributed by atoms with Gasteiger partial charge in [0.1, 0.15) is 12.4 Å². The van der Waals surface area contributed by atoms with Crippen molar-refractivity contribution in [1.29, 1.82) is 0 Å². The molecule has 1 heterocycles. The summed E-state index contributed by atoms with van der Waals surface area (Å²) in [6.07, 6.45) is -4.54. The molecule has 1 N–H and O–H groups in total. The van der Waals surface area contributed by atoms with E-state index in [0.29, 0.717) is 16.5 Å². The first-order chi connectivity index (χ1) is 13.7. The van der Waals surface area contributed by atoms with E-state index >= 15 is 0 Å². The number of hydrogen-bond donors (Lipinski definition) is 1. The fourth-order valence-corrected chi connectivity index (χ4v) is 3.50. The summed E-state index contributed by atoms with van der Waals surface area (Å²) in [5.74, 6) is 0.564. The number of hydrogen-bond acceptors (Lipinski definition) is 3. The van der Waals surface area contributed by atoms with Crippen LogP contribution in [0, 0.1) is 0 Å². The Morgan fingerprint density at radius 3 is 2.45 bits per heavy atom. The predicted octanol–water partition coefficient (Wildman–Crippen LogP) is 6.72. The average Bonchev–Trinajstić information content (AvgIpc) is 3.15. The maximum atomic E-state index is 13.1. The number of nitrogens with one attached hydrogen (secondary N) is 1. The van der Waals surface area contributed by atoms with Gasteiger partial charge in [0.15, 0.2) is 0 Å². The molecule has 0 saturated carbocycles. The number of benzene rings is 2. The molecule has 0 bridgehead atoms. The zero-order valence-corrected chi connectivity index (χ0v) is 16.7. The first-order valence-corrected chi connectivity index (χ1v) is 9.90. The third-order valence-electron chi connectivity index (χ3n) is 4.31. The Morgan fingerprint density at radius 1 is 1.10 bits per heavy atom. The molecule has 152 valence electrons. The molecule has 3 rings (SSSR count). The van der Waals surface area contributed by atoms with Crippen LogP contribution in [0.1, 0.15) is 46.1 Å². The molecule has 0 aliphatic carbocycles. The van der Waals surface area contributed by atoms with Gasteiger partial charge < -0.3 is 10.1 Å². The minimum absolute atomic E-state index is 0.263. The zero-order chi connectivity index (χ0) is 21.0. The molecule has 3 nitrogen and oxygen atoms in total. The molecule has 0 atom stereocenters. The highest BCUT2D eigenvalue weighted by molar-refractivity contribution is 7.12. The Balaban J connectivity index is 1.63. The van der Waals surface area contributed by atoms with Gasteiger partial charge in [-0.15, -0.1) is 11.3 Å². The van der Waals surface area contributed by atoms with Crippen LogP contribution in [0.4, 0.5) is 18.9 Å². The molecule has 1 amide bonds. The molecule has 0 spiro atoms. The summed E-state index contributed by atoms with van der Waals surface area (Å²) in [6.45, 7) is 4.49. The monoisotopic (exact) mass is 419 g/mol. The minimum atomic E-state index is -4.54. The number of para-hydroxylation sites is 1. The van der Waals surface area contributed by atoms with Gasteiger partial charge in [-0.05, 0) is 47.2 Å². The number of ether oxygens (including phenoxy) is 1. The van der Waals surface area contributed by atoms with Crippen molar-refractivity contribution in [3.63, 3.8) is 0 Å². The Kier molecular flexibility index (Phi) is 6.27. The van der Waals surface area contributed by atoms with Gasteiger partial charge in [-0.1, -0.05) is 38.1 Å². The molecular weight excluding hydrogens is 399 g/mol. The first kappa shape index (κ1) is 20.9. The SMILES string of the molecule is CC(C)c1ccc(OCc2csc(C(=O)Nc3ccccc3C(F)(F)F)c2)cc1.